The van der Waals surface area contributed by atoms with Crippen molar-refractivity contribution in [1.82, 2.24) is 10.6 Å². The second-order valence-corrected chi connectivity index (χ2v) is 6.99. The lowest BCUT2D eigenvalue weighted by Gasteiger charge is -2.24. The molecule has 1 atom stereocenters. The molecule has 23 heavy (non-hydrogen) atoms. The smallest absolute Gasteiger partial charge is 0.407 e. The average Bonchev–Trinajstić information content (AvgIpc) is 3.24. The van der Waals surface area contributed by atoms with Gasteiger partial charge >= 0.3 is 6.09 Å². The van der Waals surface area contributed by atoms with E-state index in [1.807, 2.05) is 20.8 Å². The number of phenolic OH excluding ortho intramolecular Hbond substituents is 1. The Morgan fingerprint density at radius 2 is 2.13 bits per heavy atom. The first-order chi connectivity index (χ1) is 10.7. The maximum absolute atomic E-state index is 13.2. The van der Waals surface area contributed by atoms with Gasteiger partial charge in [-0.25, -0.2) is 9.18 Å². The molecule has 0 radical (unpaired) electrons. The van der Waals surface area contributed by atoms with Gasteiger partial charge in [0, 0.05) is 24.7 Å². The Bertz CT molecular complexity index is 553. The lowest BCUT2D eigenvalue weighted by atomic mass is 10.1. The van der Waals surface area contributed by atoms with E-state index in [4.69, 9.17) is 4.74 Å². The van der Waals surface area contributed by atoms with Crippen LogP contribution in [0, 0.1) is 11.7 Å². The molecule has 1 aromatic rings. The number of carbonyl (C=O) groups is 1. The van der Waals surface area contributed by atoms with Crippen LogP contribution in [0.4, 0.5) is 9.18 Å². The first kappa shape index (κ1) is 17.5. The number of alkyl carbamates (subject to hydrolysis) is 1. The van der Waals surface area contributed by atoms with E-state index in [2.05, 4.69) is 10.6 Å². The second-order valence-electron chi connectivity index (χ2n) is 6.99. The third-order valence-electron chi connectivity index (χ3n) is 3.61. The molecule has 1 aliphatic rings. The predicted octanol–water partition coefficient (Wildman–Crippen LogP) is 2.92. The highest BCUT2D eigenvalue weighted by Crippen LogP contribution is 2.32. The van der Waals surface area contributed by atoms with Gasteiger partial charge in [-0.2, -0.15) is 0 Å². The summed E-state index contributed by atoms with van der Waals surface area (Å²) in [4.78, 5) is 11.9. The highest BCUT2D eigenvalue weighted by Gasteiger charge is 2.33. The molecule has 1 fully saturated rings. The first-order valence-electron chi connectivity index (χ1n) is 7.92. The van der Waals surface area contributed by atoms with Crippen molar-refractivity contribution in [2.24, 2.45) is 5.92 Å². The van der Waals surface area contributed by atoms with Crippen LogP contribution in [0.3, 0.4) is 0 Å². The standard InChI is InChI=1S/C17H25FN2O3/c1-17(2,3)23-16(22)20-14(11-4-5-11)10-19-9-12-8-13(18)6-7-15(12)21/h6-8,11,14,19,21H,4-5,9-10H2,1-3H3,(H,20,22). The summed E-state index contributed by atoms with van der Waals surface area (Å²) >= 11 is 0. The lowest BCUT2D eigenvalue weighted by Crippen LogP contribution is -2.45. The Morgan fingerprint density at radius 1 is 1.43 bits per heavy atom. The molecular weight excluding hydrogens is 299 g/mol. The number of hydrogen-bond donors (Lipinski definition) is 3. The molecule has 1 aromatic carbocycles. The summed E-state index contributed by atoms with van der Waals surface area (Å²) < 4.78 is 18.5. The monoisotopic (exact) mass is 324 g/mol. The number of ether oxygens (including phenoxy) is 1. The molecule has 0 saturated heterocycles. The summed E-state index contributed by atoms with van der Waals surface area (Å²) in [5, 5.41) is 15.7. The quantitative estimate of drug-likeness (QED) is 0.752. The van der Waals surface area contributed by atoms with Crippen molar-refractivity contribution < 1.29 is 19.0 Å². The summed E-state index contributed by atoms with van der Waals surface area (Å²) in [5.41, 5.74) is -0.0318. The Balaban J connectivity index is 1.83. The maximum atomic E-state index is 13.2. The van der Waals surface area contributed by atoms with Gasteiger partial charge in [0.15, 0.2) is 0 Å². The molecular formula is C17H25FN2O3. The van der Waals surface area contributed by atoms with E-state index in [0.29, 0.717) is 24.6 Å². The van der Waals surface area contributed by atoms with E-state index in [-0.39, 0.29) is 17.6 Å². The van der Waals surface area contributed by atoms with Crippen molar-refractivity contribution in [3.8, 4) is 5.75 Å². The number of phenols is 1. The van der Waals surface area contributed by atoms with Gasteiger partial charge in [0.2, 0.25) is 0 Å². The molecule has 128 valence electrons. The van der Waals surface area contributed by atoms with Crippen molar-refractivity contribution in [2.45, 2.75) is 51.8 Å². The van der Waals surface area contributed by atoms with Gasteiger partial charge in [-0.1, -0.05) is 0 Å². The molecule has 1 saturated carbocycles. The summed E-state index contributed by atoms with van der Waals surface area (Å²) in [6.07, 6.45) is 1.73. The molecule has 0 aromatic heterocycles. The van der Waals surface area contributed by atoms with Crippen LogP contribution in [0.15, 0.2) is 18.2 Å². The number of rotatable bonds is 6. The highest BCUT2D eigenvalue weighted by atomic mass is 19.1. The Hall–Kier alpha value is -1.82. The van der Waals surface area contributed by atoms with E-state index < -0.39 is 11.7 Å². The fourth-order valence-corrected chi connectivity index (χ4v) is 2.35. The summed E-state index contributed by atoms with van der Waals surface area (Å²) in [6.45, 7) is 6.35. The number of halogens is 1. The fraction of sp³-hybridized carbons (Fsp3) is 0.588. The van der Waals surface area contributed by atoms with Crippen molar-refractivity contribution in [2.75, 3.05) is 6.54 Å². The average molecular weight is 324 g/mol. The van der Waals surface area contributed by atoms with Gasteiger partial charge in [-0.15, -0.1) is 0 Å². The second kappa shape index (κ2) is 7.17. The molecule has 3 N–H and O–H groups in total. The Morgan fingerprint density at radius 3 is 2.74 bits per heavy atom. The normalized spacial score (nSPS) is 16.0. The van der Waals surface area contributed by atoms with Crippen molar-refractivity contribution in [3.05, 3.63) is 29.6 Å². The maximum Gasteiger partial charge on any atom is 0.407 e. The molecule has 0 bridgehead atoms. The molecule has 1 unspecified atom stereocenters. The van der Waals surface area contributed by atoms with Crippen LogP contribution in [-0.2, 0) is 11.3 Å². The minimum atomic E-state index is -0.529. The Labute approximate surface area is 136 Å². The van der Waals surface area contributed by atoms with Crippen LogP contribution in [0.1, 0.15) is 39.2 Å². The molecule has 0 aliphatic heterocycles. The van der Waals surface area contributed by atoms with Crippen LogP contribution in [0.5, 0.6) is 5.75 Å². The van der Waals surface area contributed by atoms with Crippen molar-refractivity contribution in [3.63, 3.8) is 0 Å². The van der Waals surface area contributed by atoms with Gasteiger partial charge in [-0.05, 0) is 57.7 Å². The number of amides is 1. The molecule has 2 rings (SSSR count). The number of nitrogens with one attached hydrogen (secondary N) is 2. The summed E-state index contributed by atoms with van der Waals surface area (Å²) in [7, 11) is 0. The number of hydrogen-bond acceptors (Lipinski definition) is 4. The molecule has 6 heteroatoms. The van der Waals surface area contributed by atoms with Crippen LogP contribution >= 0.6 is 0 Å². The number of carbonyl (C=O) groups excluding carboxylic acids is 1. The van der Waals surface area contributed by atoms with Crippen LogP contribution in [0.2, 0.25) is 0 Å². The first-order valence-corrected chi connectivity index (χ1v) is 7.92. The summed E-state index contributed by atoms with van der Waals surface area (Å²) in [5.74, 6) is 0.114. The van der Waals surface area contributed by atoms with Gasteiger partial charge in [0.05, 0.1) is 0 Å². The van der Waals surface area contributed by atoms with Gasteiger partial charge < -0.3 is 20.5 Å². The van der Waals surface area contributed by atoms with Crippen molar-refractivity contribution in [1.29, 1.82) is 0 Å². The zero-order chi connectivity index (χ0) is 17.0. The number of aromatic hydroxyl groups is 1. The van der Waals surface area contributed by atoms with Gasteiger partial charge in [-0.3, -0.25) is 0 Å². The fourth-order valence-electron chi connectivity index (χ4n) is 2.35. The Kier molecular flexibility index (Phi) is 5.46. The summed E-state index contributed by atoms with van der Waals surface area (Å²) in [6, 6.07) is 3.83. The van der Waals surface area contributed by atoms with Crippen LogP contribution in [0.25, 0.3) is 0 Å². The molecule has 5 nitrogen and oxygen atoms in total. The van der Waals surface area contributed by atoms with E-state index in [1.165, 1.54) is 18.2 Å². The zero-order valence-corrected chi connectivity index (χ0v) is 13.9. The molecule has 0 heterocycles. The third kappa shape index (κ3) is 6.06. The molecule has 1 aliphatic carbocycles. The van der Waals surface area contributed by atoms with Crippen molar-refractivity contribution >= 4 is 6.09 Å². The van der Waals surface area contributed by atoms with E-state index >= 15 is 0 Å². The minimum absolute atomic E-state index is 0.0273. The van der Waals surface area contributed by atoms with E-state index in [9.17, 15) is 14.3 Å². The third-order valence-corrected chi connectivity index (χ3v) is 3.61. The zero-order valence-electron chi connectivity index (χ0n) is 13.9. The van der Waals surface area contributed by atoms with Gasteiger partial charge in [0.1, 0.15) is 17.2 Å². The number of benzene rings is 1. The molecule has 1 amide bonds. The largest absolute Gasteiger partial charge is 0.508 e. The highest BCUT2D eigenvalue weighted by molar-refractivity contribution is 5.68. The van der Waals surface area contributed by atoms with Crippen LogP contribution in [-0.4, -0.2) is 29.4 Å². The van der Waals surface area contributed by atoms with Gasteiger partial charge in [0.25, 0.3) is 0 Å². The minimum Gasteiger partial charge on any atom is -0.508 e. The topological polar surface area (TPSA) is 70.6 Å². The van der Waals surface area contributed by atoms with E-state index in [0.717, 1.165) is 12.8 Å². The molecule has 0 spiro atoms. The van der Waals surface area contributed by atoms with E-state index in [1.54, 1.807) is 0 Å². The lowest BCUT2D eigenvalue weighted by molar-refractivity contribution is 0.0497. The predicted molar refractivity (Wildman–Crippen MR) is 85.7 cm³/mol. The van der Waals surface area contributed by atoms with Crippen LogP contribution < -0.4 is 10.6 Å². The SMILES string of the molecule is CC(C)(C)OC(=O)NC(CNCc1cc(F)ccc1O)C1CC1.